The highest BCUT2D eigenvalue weighted by Crippen LogP contribution is 2.40. The molecular formula is C46H27N3O2. The Morgan fingerprint density at radius 2 is 0.922 bits per heavy atom. The fraction of sp³-hybridized carbons (Fsp3) is 0. The summed E-state index contributed by atoms with van der Waals surface area (Å²) >= 11 is 0. The van der Waals surface area contributed by atoms with E-state index >= 15 is 0 Å². The summed E-state index contributed by atoms with van der Waals surface area (Å²) in [6.07, 6.45) is 0. The molecule has 0 saturated heterocycles. The van der Waals surface area contributed by atoms with Crippen LogP contribution in [0.25, 0.3) is 105 Å². The summed E-state index contributed by atoms with van der Waals surface area (Å²) in [6.45, 7) is 0. The Hall–Kier alpha value is -6.98. The maximum atomic E-state index is 6.31. The molecule has 11 aromatic rings. The van der Waals surface area contributed by atoms with Crippen molar-refractivity contribution < 1.29 is 8.83 Å². The van der Waals surface area contributed by atoms with Crippen LogP contribution in [-0.2, 0) is 0 Å². The highest BCUT2D eigenvalue weighted by molar-refractivity contribution is 6.15. The lowest BCUT2D eigenvalue weighted by Gasteiger charge is -2.11. The topological polar surface area (TPSA) is 57.0 Å². The molecule has 0 aliphatic heterocycles. The molecule has 0 saturated carbocycles. The van der Waals surface area contributed by atoms with E-state index in [1.807, 2.05) is 36.4 Å². The third kappa shape index (κ3) is 4.28. The molecule has 0 amide bonds. The molecule has 4 aromatic heterocycles. The quantitative estimate of drug-likeness (QED) is 0.190. The molecule has 0 aliphatic carbocycles. The first kappa shape index (κ1) is 27.9. The molecule has 0 N–H and O–H groups in total. The van der Waals surface area contributed by atoms with E-state index in [4.69, 9.17) is 18.8 Å². The Morgan fingerprint density at radius 1 is 0.392 bits per heavy atom. The smallest absolute Gasteiger partial charge is 0.161 e. The average Bonchev–Trinajstić information content (AvgIpc) is 3.87. The molecule has 0 unspecified atom stereocenters. The van der Waals surface area contributed by atoms with Gasteiger partial charge in [-0.15, -0.1) is 0 Å². The van der Waals surface area contributed by atoms with E-state index in [2.05, 4.69) is 132 Å². The van der Waals surface area contributed by atoms with Gasteiger partial charge < -0.3 is 13.4 Å². The second-order valence-electron chi connectivity index (χ2n) is 13.0. The molecule has 0 radical (unpaired) electrons. The van der Waals surface area contributed by atoms with Crippen molar-refractivity contribution in [3.05, 3.63) is 164 Å². The molecular weight excluding hydrogens is 627 g/mol. The van der Waals surface area contributed by atoms with Gasteiger partial charge in [0.25, 0.3) is 0 Å². The van der Waals surface area contributed by atoms with Crippen molar-refractivity contribution >= 4 is 65.7 Å². The van der Waals surface area contributed by atoms with Crippen LogP contribution >= 0.6 is 0 Å². The van der Waals surface area contributed by atoms with Crippen LogP contribution in [0.3, 0.4) is 0 Å². The molecule has 11 rings (SSSR count). The zero-order chi connectivity index (χ0) is 33.5. The van der Waals surface area contributed by atoms with Gasteiger partial charge >= 0.3 is 0 Å². The largest absolute Gasteiger partial charge is 0.456 e. The van der Waals surface area contributed by atoms with Crippen molar-refractivity contribution in [3.63, 3.8) is 0 Å². The number of para-hydroxylation sites is 4. The minimum atomic E-state index is 0.651. The van der Waals surface area contributed by atoms with Crippen LogP contribution < -0.4 is 0 Å². The van der Waals surface area contributed by atoms with E-state index in [1.165, 1.54) is 0 Å². The molecule has 0 spiro atoms. The van der Waals surface area contributed by atoms with Crippen molar-refractivity contribution in [2.45, 2.75) is 0 Å². The Labute approximate surface area is 291 Å². The summed E-state index contributed by atoms with van der Waals surface area (Å²) in [7, 11) is 0. The monoisotopic (exact) mass is 653 g/mol. The van der Waals surface area contributed by atoms with Crippen LogP contribution in [0.1, 0.15) is 0 Å². The fourth-order valence-corrected chi connectivity index (χ4v) is 7.69. The predicted octanol–water partition coefficient (Wildman–Crippen LogP) is 12.4. The van der Waals surface area contributed by atoms with Crippen molar-refractivity contribution in [1.29, 1.82) is 0 Å². The minimum Gasteiger partial charge on any atom is -0.456 e. The highest BCUT2D eigenvalue weighted by Gasteiger charge is 2.20. The summed E-state index contributed by atoms with van der Waals surface area (Å²) in [5.41, 5.74) is 11.2. The van der Waals surface area contributed by atoms with Crippen LogP contribution in [0.4, 0.5) is 0 Å². The number of fused-ring (bicyclic) bond motifs is 9. The summed E-state index contributed by atoms with van der Waals surface area (Å²) in [5, 5.41) is 6.62. The lowest BCUT2D eigenvalue weighted by Crippen LogP contribution is -1.97. The van der Waals surface area contributed by atoms with Crippen molar-refractivity contribution in [2.75, 3.05) is 0 Å². The number of aromatic nitrogens is 3. The Morgan fingerprint density at radius 3 is 1.57 bits per heavy atom. The van der Waals surface area contributed by atoms with Gasteiger partial charge in [-0.2, -0.15) is 0 Å². The lowest BCUT2D eigenvalue weighted by atomic mass is 10.0. The molecule has 0 fully saturated rings. The summed E-state index contributed by atoms with van der Waals surface area (Å²) in [4.78, 5) is 10.6. The molecule has 5 heteroatoms. The molecule has 0 aliphatic rings. The van der Waals surface area contributed by atoms with E-state index in [-0.39, 0.29) is 0 Å². The number of hydrogen-bond acceptors (Lipinski definition) is 4. The standard InChI is InChI=1S/C46H27N3O2/c1-2-11-30(12-3-1)49-39-17-7-4-15-35(39)45-36(16-10-18-40(45)49)46-47-37(28-21-23-33-31-13-5-8-19-41(31)50-43(33)25-28)27-38(48-46)29-22-24-34-32-14-6-9-20-42(32)51-44(34)26-29/h1-27H. The second-order valence-corrected chi connectivity index (χ2v) is 13.0. The normalized spacial score (nSPS) is 11.9. The molecule has 7 aromatic carbocycles. The first-order valence-corrected chi connectivity index (χ1v) is 17.1. The van der Waals surface area contributed by atoms with E-state index in [1.54, 1.807) is 0 Å². The molecule has 5 nitrogen and oxygen atoms in total. The number of rotatable bonds is 4. The van der Waals surface area contributed by atoms with Gasteiger partial charge in [0.2, 0.25) is 0 Å². The van der Waals surface area contributed by atoms with E-state index in [9.17, 15) is 0 Å². The lowest BCUT2D eigenvalue weighted by molar-refractivity contribution is 0.668. The van der Waals surface area contributed by atoms with Gasteiger partial charge in [-0.05, 0) is 66.7 Å². The average molecular weight is 654 g/mol. The van der Waals surface area contributed by atoms with Crippen molar-refractivity contribution in [1.82, 2.24) is 14.5 Å². The fourth-order valence-electron chi connectivity index (χ4n) is 7.69. The minimum absolute atomic E-state index is 0.651. The van der Waals surface area contributed by atoms with Crippen LogP contribution in [0.5, 0.6) is 0 Å². The number of furan rings is 2. The molecule has 238 valence electrons. The van der Waals surface area contributed by atoms with Gasteiger partial charge in [0.05, 0.1) is 22.4 Å². The summed E-state index contributed by atoms with van der Waals surface area (Å²) < 4.78 is 15.0. The second kappa shape index (κ2) is 10.8. The number of nitrogens with zero attached hydrogens (tertiary/aromatic N) is 3. The summed E-state index contributed by atoms with van der Waals surface area (Å²) in [5.74, 6) is 0.651. The van der Waals surface area contributed by atoms with Crippen LogP contribution in [0.2, 0.25) is 0 Å². The third-order valence-corrected chi connectivity index (χ3v) is 10.0. The number of hydrogen-bond donors (Lipinski definition) is 0. The molecule has 4 heterocycles. The van der Waals surface area contributed by atoms with Crippen molar-refractivity contribution in [3.8, 4) is 39.6 Å². The zero-order valence-electron chi connectivity index (χ0n) is 27.2. The maximum absolute atomic E-state index is 6.31. The SMILES string of the molecule is c1ccc(-n2c3ccccc3c3c(-c4nc(-c5ccc6c(c5)oc5ccccc56)cc(-c5ccc6c(c5)oc5ccccc56)n4)cccc32)cc1. The van der Waals surface area contributed by atoms with Gasteiger partial charge in [-0.25, -0.2) is 9.97 Å². The number of benzene rings is 7. The van der Waals surface area contributed by atoms with Crippen LogP contribution in [0, 0.1) is 0 Å². The Kier molecular flexibility index (Phi) is 5.89. The summed E-state index contributed by atoms with van der Waals surface area (Å²) in [6, 6.07) is 56.6. The van der Waals surface area contributed by atoms with Gasteiger partial charge in [0, 0.05) is 54.7 Å². The van der Waals surface area contributed by atoms with Crippen LogP contribution in [0.15, 0.2) is 173 Å². The molecule has 0 bridgehead atoms. The zero-order valence-corrected chi connectivity index (χ0v) is 27.2. The predicted molar refractivity (Wildman–Crippen MR) is 207 cm³/mol. The Bertz CT molecular complexity index is 3020. The van der Waals surface area contributed by atoms with E-state index in [0.29, 0.717) is 5.82 Å². The van der Waals surface area contributed by atoms with Gasteiger partial charge in [0.1, 0.15) is 22.3 Å². The van der Waals surface area contributed by atoms with Crippen LogP contribution in [-0.4, -0.2) is 14.5 Å². The van der Waals surface area contributed by atoms with E-state index < -0.39 is 0 Å². The highest BCUT2D eigenvalue weighted by atomic mass is 16.3. The van der Waals surface area contributed by atoms with Gasteiger partial charge in [-0.3, -0.25) is 0 Å². The third-order valence-electron chi connectivity index (χ3n) is 10.0. The Balaban J connectivity index is 1.18. The van der Waals surface area contributed by atoms with E-state index in [0.717, 1.165) is 99.4 Å². The first-order valence-electron chi connectivity index (χ1n) is 17.1. The van der Waals surface area contributed by atoms with Gasteiger partial charge in [0.15, 0.2) is 5.82 Å². The first-order chi connectivity index (χ1) is 25.3. The maximum Gasteiger partial charge on any atom is 0.161 e. The molecule has 0 atom stereocenters. The van der Waals surface area contributed by atoms with Crippen molar-refractivity contribution in [2.24, 2.45) is 0 Å². The molecule has 51 heavy (non-hydrogen) atoms. The van der Waals surface area contributed by atoms with Gasteiger partial charge in [-0.1, -0.05) is 97.1 Å².